The Morgan fingerprint density at radius 1 is 1.00 bits per heavy atom. The lowest BCUT2D eigenvalue weighted by Gasteiger charge is -2.30. The maximum atomic E-state index is 5.83. The molecular formula is C18H28N6. The average molecular weight is 328 g/mol. The zero-order valence-electron chi connectivity index (χ0n) is 15.0. The van der Waals surface area contributed by atoms with E-state index in [2.05, 4.69) is 53.2 Å². The molecule has 0 bridgehead atoms. The van der Waals surface area contributed by atoms with Gasteiger partial charge in [0.1, 0.15) is 11.6 Å². The standard InChI is InChI=1S/C18H28N6/c1-13(2)24(14(3)4)11-10-20-16-12-17(23-18(19)22-16)21-15-8-6-5-7-9-15/h5-9,12-14H,10-11H2,1-4H3,(H4,19,20,21,22,23). The molecule has 1 heterocycles. The topological polar surface area (TPSA) is 79.1 Å². The highest BCUT2D eigenvalue weighted by atomic mass is 15.2. The Bertz CT molecular complexity index is 619. The quantitative estimate of drug-likeness (QED) is 0.690. The van der Waals surface area contributed by atoms with Crippen molar-refractivity contribution in [2.24, 2.45) is 0 Å². The molecule has 0 fully saturated rings. The Labute approximate surface area is 144 Å². The van der Waals surface area contributed by atoms with E-state index in [1.54, 1.807) is 0 Å². The van der Waals surface area contributed by atoms with Crippen LogP contribution in [0, 0.1) is 0 Å². The summed E-state index contributed by atoms with van der Waals surface area (Å²) in [5.41, 5.74) is 6.79. The summed E-state index contributed by atoms with van der Waals surface area (Å²) in [6.45, 7) is 10.6. The fraction of sp³-hybridized carbons (Fsp3) is 0.444. The predicted octanol–water partition coefficient (Wildman–Crippen LogP) is 3.33. The molecule has 0 aliphatic rings. The van der Waals surface area contributed by atoms with Crippen molar-refractivity contribution in [3.8, 4) is 0 Å². The molecule has 6 heteroatoms. The highest BCUT2D eigenvalue weighted by molar-refractivity contribution is 5.60. The van der Waals surface area contributed by atoms with Crippen LogP contribution < -0.4 is 16.4 Å². The number of nitrogens with two attached hydrogens (primary N) is 1. The van der Waals surface area contributed by atoms with E-state index in [9.17, 15) is 0 Å². The van der Waals surface area contributed by atoms with Crippen LogP contribution in [0.3, 0.4) is 0 Å². The number of nitrogens with zero attached hydrogens (tertiary/aromatic N) is 3. The number of nitrogen functional groups attached to an aromatic ring is 1. The average Bonchev–Trinajstić information content (AvgIpc) is 2.51. The molecule has 1 aromatic heterocycles. The number of benzene rings is 1. The van der Waals surface area contributed by atoms with Crippen LogP contribution in [0.15, 0.2) is 36.4 Å². The lowest BCUT2D eigenvalue weighted by atomic mass is 10.2. The van der Waals surface area contributed by atoms with Crippen LogP contribution in [-0.2, 0) is 0 Å². The van der Waals surface area contributed by atoms with E-state index in [0.29, 0.717) is 17.9 Å². The number of aromatic nitrogens is 2. The van der Waals surface area contributed by atoms with E-state index < -0.39 is 0 Å². The first-order valence-corrected chi connectivity index (χ1v) is 8.42. The van der Waals surface area contributed by atoms with Gasteiger partial charge in [-0.2, -0.15) is 9.97 Å². The summed E-state index contributed by atoms with van der Waals surface area (Å²) in [6, 6.07) is 12.8. The zero-order valence-corrected chi connectivity index (χ0v) is 15.0. The Morgan fingerprint density at radius 2 is 1.62 bits per heavy atom. The van der Waals surface area contributed by atoms with Crippen molar-refractivity contribution in [2.75, 3.05) is 29.5 Å². The van der Waals surface area contributed by atoms with Crippen molar-refractivity contribution in [3.05, 3.63) is 36.4 Å². The third-order valence-electron chi connectivity index (χ3n) is 3.79. The van der Waals surface area contributed by atoms with Gasteiger partial charge in [-0.1, -0.05) is 18.2 Å². The molecule has 0 radical (unpaired) electrons. The summed E-state index contributed by atoms with van der Waals surface area (Å²) in [4.78, 5) is 10.9. The third-order valence-corrected chi connectivity index (χ3v) is 3.79. The van der Waals surface area contributed by atoms with Gasteiger partial charge >= 0.3 is 0 Å². The van der Waals surface area contributed by atoms with Crippen LogP contribution in [0.5, 0.6) is 0 Å². The summed E-state index contributed by atoms with van der Waals surface area (Å²) in [5.74, 6) is 1.66. The molecule has 0 aliphatic heterocycles. The largest absolute Gasteiger partial charge is 0.369 e. The van der Waals surface area contributed by atoms with Gasteiger partial charge in [-0.05, 0) is 39.8 Å². The van der Waals surface area contributed by atoms with Gasteiger partial charge in [0.25, 0.3) is 0 Å². The van der Waals surface area contributed by atoms with E-state index in [1.165, 1.54) is 0 Å². The molecule has 130 valence electrons. The highest BCUT2D eigenvalue weighted by Crippen LogP contribution is 2.17. The molecule has 0 saturated carbocycles. The first-order valence-electron chi connectivity index (χ1n) is 8.42. The minimum Gasteiger partial charge on any atom is -0.369 e. The van der Waals surface area contributed by atoms with Crippen LogP contribution in [0.25, 0.3) is 0 Å². The maximum Gasteiger partial charge on any atom is 0.223 e. The fourth-order valence-electron chi connectivity index (χ4n) is 2.72. The minimum absolute atomic E-state index is 0.253. The van der Waals surface area contributed by atoms with Gasteiger partial charge in [0, 0.05) is 36.9 Å². The van der Waals surface area contributed by atoms with Gasteiger partial charge < -0.3 is 16.4 Å². The zero-order chi connectivity index (χ0) is 17.5. The van der Waals surface area contributed by atoms with Gasteiger partial charge in [0.2, 0.25) is 5.95 Å². The van der Waals surface area contributed by atoms with Crippen molar-refractivity contribution in [1.29, 1.82) is 0 Å². The molecule has 24 heavy (non-hydrogen) atoms. The van der Waals surface area contributed by atoms with E-state index in [0.717, 1.165) is 24.6 Å². The summed E-state index contributed by atoms with van der Waals surface area (Å²) in [5, 5.41) is 6.58. The molecule has 4 N–H and O–H groups in total. The highest BCUT2D eigenvalue weighted by Gasteiger charge is 2.12. The normalized spacial score (nSPS) is 11.3. The number of hydrogen-bond donors (Lipinski definition) is 3. The van der Waals surface area contributed by atoms with E-state index in [-0.39, 0.29) is 5.95 Å². The first kappa shape index (κ1) is 18.0. The van der Waals surface area contributed by atoms with E-state index in [1.807, 2.05) is 36.4 Å². The molecule has 2 rings (SSSR count). The predicted molar refractivity (Wildman–Crippen MR) is 102 cm³/mol. The van der Waals surface area contributed by atoms with Crippen molar-refractivity contribution in [2.45, 2.75) is 39.8 Å². The minimum atomic E-state index is 0.253. The molecule has 0 aliphatic carbocycles. The van der Waals surface area contributed by atoms with Crippen molar-refractivity contribution >= 4 is 23.3 Å². The molecule has 6 nitrogen and oxygen atoms in total. The maximum absolute atomic E-state index is 5.83. The van der Waals surface area contributed by atoms with E-state index >= 15 is 0 Å². The monoisotopic (exact) mass is 328 g/mol. The Hall–Kier alpha value is -2.34. The second-order valence-electron chi connectivity index (χ2n) is 6.34. The summed E-state index contributed by atoms with van der Waals surface area (Å²) in [7, 11) is 0. The Balaban J connectivity index is 1.98. The second-order valence-corrected chi connectivity index (χ2v) is 6.34. The second kappa shape index (κ2) is 8.49. The van der Waals surface area contributed by atoms with Gasteiger partial charge in [0.05, 0.1) is 0 Å². The third kappa shape index (κ3) is 5.38. The first-order chi connectivity index (χ1) is 11.5. The van der Waals surface area contributed by atoms with E-state index in [4.69, 9.17) is 5.73 Å². The summed E-state index contributed by atoms with van der Waals surface area (Å²) in [6.07, 6.45) is 0. The number of hydrogen-bond acceptors (Lipinski definition) is 6. The number of rotatable bonds is 8. The summed E-state index contributed by atoms with van der Waals surface area (Å²) < 4.78 is 0. The number of nitrogens with one attached hydrogen (secondary N) is 2. The lowest BCUT2D eigenvalue weighted by molar-refractivity contribution is 0.182. The summed E-state index contributed by atoms with van der Waals surface area (Å²) >= 11 is 0. The fourth-order valence-corrected chi connectivity index (χ4v) is 2.72. The van der Waals surface area contributed by atoms with Gasteiger partial charge in [-0.25, -0.2) is 0 Å². The molecule has 1 aromatic carbocycles. The van der Waals surface area contributed by atoms with Crippen LogP contribution in [0.2, 0.25) is 0 Å². The molecule has 0 amide bonds. The lowest BCUT2D eigenvalue weighted by Crippen LogP contribution is -2.40. The molecule has 0 unspecified atom stereocenters. The van der Waals surface area contributed by atoms with Crippen LogP contribution >= 0.6 is 0 Å². The molecule has 0 atom stereocenters. The van der Waals surface area contributed by atoms with Crippen molar-refractivity contribution < 1.29 is 0 Å². The number of anilines is 4. The van der Waals surface area contributed by atoms with Crippen molar-refractivity contribution in [3.63, 3.8) is 0 Å². The SMILES string of the molecule is CC(C)N(CCNc1cc(Nc2ccccc2)nc(N)n1)C(C)C. The Kier molecular flexibility index (Phi) is 6.37. The molecule has 0 saturated heterocycles. The Morgan fingerprint density at radius 3 is 2.25 bits per heavy atom. The van der Waals surface area contributed by atoms with Crippen LogP contribution in [0.4, 0.5) is 23.3 Å². The van der Waals surface area contributed by atoms with Gasteiger partial charge in [0.15, 0.2) is 0 Å². The molecule has 0 spiro atoms. The molecule has 2 aromatic rings. The van der Waals surface area contributed by atoms with Crippen LogP contribution in [0.1, 0.15) is 27.7 Å². The van der Waals surface area contributed by atoms with Gasteiger partial charge in [-0.15, -0.1) is 0 Å². The molecular weight excluding hydrogens is 300 g/mol. The van der Waals surface area contributed by atoms with Gasteiger partial charge in [-0.3, -0.25) is 4.90 Å². The smallest absolute Gasteiger partial charge is 0.223 e. The number of para-hydroxylation sites is 1. The van der Waals surface area contributed by atoms with Crippen molar-refractivity contribution in [1.82, 2.24) is 14.9 Å². The van der Waals surface area contributed by atoms with Crippen LogP contribution in [-0.4, -0.2) is 40.0 Å².